The zero-order chi connectivity index (χ0) is 13.4. The lowest BCUT2D eigenvalue weighted by Crippen LogP contribution is -2.32. The molecule has 0 aromatic carbocycles. The third kappa shape index (κ3) is 1.96. The molecule has 6 nitrogen and oxygen atoms in total. The molecule has 1 aromatic heterocycles. The number of amides is 2. The second-order valence-electron chi connectivity index (χ2n) is 3.88. The van der Waals surface area contributed by atoms with Crippen LogP contribution in [0.4, 0.5) is 20.4 Å². The first-order valence-electron chi connectivity index (χ1n) is 5.08. The Morgan fingerprint density at radius 3 is 2.67 bits per heavy atom. The van der Waals surface area contributed by atoms with Crippen LogP contribution in [0.15, 0.2) is 6.07 Å². The van der Waals surface area contributed by atoms with Crippen molar-refractivity contribution in [3.8, 4) is 0 Å². The normalized spacial score (nSPS) is 19.5. The van der Waals surface area contributed by atoms with Crippen LogP contribution in [0.3, 0.4) is 0 Å². The van der Waals surface area contributed by atoms with Crippen LogP contribution in [0.1, 0.15) is 6.42 Å². The molecular formula is C10H10F2N4O2. The van der Waals surface area contributed by atoms with Gasteiger partial charge >= 0.3 is 0 Å². The van der Waals surface area contributed by atoms with Gasteiger partial charge in [-0.3, -0.25) is 14.5 Å². The van der Waals surface area contributed by atoms with Crippen LogP contribution in [-0.4, -0.2) is 34.8 Å². The number of nitrogens with zero attached hydrogens (tertiary/aromatic N) is 2. The Morgan fingerprint density at radius 2 is 2.11 bits per heavy atom. The van der Waals surface area contributed by atoms with Crippen LogP contribution < -0.4 is 11.1 Å². The summed E-state index contributed by atoms with van der Waals surface area (Å²) in [6, 6.07) is -0.343. The highest BCUT2D eigenvalue weighted by atomic mass is 19.1. The Balaban J connectivity index is 2.23. The minimum absolute atomic E-state index is 0.103. The zero-order valence-corrected chi connectivity index (χ0v) is 9.41. The molecule has 96 valence electrons. The molecule has 1 unspecified atom stereocenters. The lowest BCUT2D eigenvalue weighted by atomic mass is 10.2. The van der Waals surface area contributed by atoms with Crippen molar-refractivity contribution >= 4 is 23.5 Å². The number of carbonyl (C=O) groups is 2. The van der Waals surface area contributed by atoms with Crippen molar-refractivity contribution in [3.63, 3.8) is 0 Å². The topological polar surface area (TPSA) is 88.3 Å². The molecule has 0 bridgehead atoms. The van der Waals surface area contributed by atoms with Gasteiger partial charge in [0.25, 0.3) is 5.91 Å². The molecule has 0 radical (unpaired) electrons. The largest absolute Gasteiger partial charge is 0.381 e. The average Bonchev–Trinajstić information content (AvgIpc) is 2.54. The molecule has 1 aliphatic heterocycles. The van der Waals surface area contributed by atoms with Crippen molar-refractivity contribution in [2.75, 3.05) is 18.1 Å². The van der Waals surface area contributed by atoms with Gasteiger partial charge in [-0.2, -0.15) is 0 Å². The second kappa shape index (κ2) is 4.21. The summed E-state index contributed by atoms with van der Waals surface area (Å²) in [4.78, 5) is 27.2. The highest BCUT2D eigenvalue weighted by Gasteiger charge is 2.36. The summed E-state index contributed by atoms with van der Waals surface area (Å²) < 4.78 is 26.3. The number of pyridine rings is 1. The molecule has 1 fully saturated rings. The lowest BCUT2D eigenvalue weighted by Gasteiger charge is -2.12. The number of nitrogens with two attached hydrogens (primary N) is 1. The summed E-state index contributed by atoms with van der Waals surface area (Å²) in [5.74, 6) is -3.67. The van der Waals surface area contributed by atoms with Crippen LogP contribution in [0.2, 0.25) is 0 Å². The van der Waals surface area contributed by atoms with Gasteiger partial charge in [0.05, 0.1) is 6.42 Å². The Bertz CT molecular complexity index is 535. The molecule has 1 aromatic rings. The molecule has 2 amide bonds. The van der Waals surface area contributed by atoms with Gasteiger partial charge in [0.15, 0.2) is 23.3 Å². The molecule has 1 saturated heterocycles. The maximum absolute atomic E-state index is 13.4. The third-order valence-electron chi connectivity index (χ3n) is 2.65. The molecule has 0 spiro atoms. The standard InChI is InChI=1S/C10H10F2N4O2/c1-16-7(17)3-6(10(16)18)14-9-5(12)2-4(11)8(13)15-9/h2,6H,3H2,1H3,(H3,13,14,15). The first-order valence-corrected chi connectivity index (χ1v) is 5.08. The van der Waals surface area contributed by atoms with Crippen molar-refractivity contribution in [2.45, 2.75) is 12.5 Å². The van der Waals surface area contributed by atoms with Crippen LogP contribution in [0.25, 0.3) is 0 Å². The molecule has 18 heavy (non-hydrogen) atoms. The van der Waals surface area contributed by atoms with Gasteiger partial charge in [-0.25, -0.2) is 13.8 Å². The van der Waals surface area contributed by atoms with Crippen molar-refractivity contribution in [1.82, 2.24) is 9.88 Å². The summed E-state index contributed by atoms with van der Waals surface area (Å²) in [5.41, 5.74) is 5.20. The number of anilines is 2. The minimum Gasteiger partial charge on any atom is -0.381 e. The van der Waals surface area contributed by atoms with Gasteiger partial charge < -0.3 is 11.1 Å². The molecule has 2 rings (SSSR count). The fourth-order valence-electron chi connectivity index (χ4n) is 1.62. The highest BCUT2D eigenvalue weighted by molar-refractivity contribution is 6.06. The number of aromatic nitrogens is 1. The smallest absolute Gasteiger partial charge is 0.251 e. The number of likely N-dealkylation sites (N-methyl/N-ethyl adjacent to an activating group) is 1. The summed E-state index contributed by atoms with van der Waals surface area (Å²) in [5, 5.41) is 2.44. The van der Waals surface area contributed by atoms with Crippen LogP contribution in [0.5, 0.6) is 0 Å². The first kappa shape index (κ1) is 12.2. The monoisotopic (exact) mass is 256 g/mol. The SMILES string of the molecule is CN1C(=O)CC(Nc2nc(N)c(F)cc2F)C1=O. The summed E-state index contributed by atoms with van der Waals surface area (Å²) in [7, 11) is 1.33. The number of carbonyl (C=O) groups excluding carboxylic acids is 2. The van der Waals surface area contributed by atoms with E-state index in [0.717, 1.165) is 4.90 Å². The Kier molecular flexibility index (Phi) is 2.85. The van der Waals surface area contributed by atoms with Crippen molar-refractivity contribution < 1.29 is 18.4 Å². The minimum atomic E-state index is -0.982. The fraction of sp³-hybridized carbons (Fsp3) is 0.300. The van der Waals surface area contributed by atoms with Gasteiger partial charge in [0.2, 0.25) is 5.91 Å². The van der Waals surface area contributed by atoms with Gasteiger partial charge in [0.1, 0.15) is 6.04 Å². The molecule has 1 atom stereocenters. The summed E-state index contributed by atoms with van der Waals surface area (Å²) in [6.07, 6.45) is -0.103. The molecule has 1 aliphatic rings. The quantitative estimate of drug-likeness (QED) is 0.733. The maximum Gasteiger partial charge on any atom is 0.251 e. The molecule has 0 aliphatic carbocycles. The number of likely N-dealkylation sites (tertiary alicyclic amines) is 1. The molecule has 3 N–H and O–H groups in total. The third-order valence-corrected chi connectivity index (χ3v) is 2.65. The molecular weight excluding hydrogens is 246 g/mol. The van der Waals surface area contributed by atoms with E-state index in [1.807, 2.05) is 0 Å². The second-order valence-corrected chi connectivity index (χ2v) is 3.88. The predicted molar refractivity (Wildman–Crippen MR) is 58.4 cm³/mol. The van der Waals surface area contributed by atoms with E-state index in [2.05, 4.69) is 10.3 Å². The van der Waals surface area contributed by atoms with Gasteiger partial charge in [-0.05, 0) is 0 Å². The number of imide groups is 1. The van der Waals surface area contributed by atoms with E-state index in [4.69, 9.17) is 5.73 Å². The van der Waals surface area contributed by atoms with Crippen LogP contribution >= 0.6 is 0 Å². The van der Waals surface area contributed by atoms with E-state index in [1.54, 1.807) is 0 Å². The zero-order valence-electron chi connectivity index (χ0n) is 9.41. The summed E-state index contributed by atoms with van der Waals surface area (Å²) >= 11 is 0. The number of halogens is 2. The van der Waals surface area contributed by atoms with E-state index in [9.17, 15) is 18.4 Å². The number of nitrogen functional groups attached to an aromatic ring is 1. The number of rotatable bonds is 2. The highest BCUT2D eigenvalue weighted by Crippen LogP contribution is 2.20. The molecule has 0 saturated carbocycles. The Hall–Kier alpha value is -2.25. The van der Waals surface area contributed by atoms with E-state index in [-0.39, 0.29) is 18.1 Å². The van der Waals surface area contributed by atoms with Crippen LogP contribution in [0, 0.1) is 11.6 Å². The molecule has 8 heteroatoms. The van der Waals surface area contributed by atoms with E-state index in [0.29, 0.717) is 6.07 Å². The van der Waals surface area contributed by atoms with Gasteiger partial charge in [-0.1, -0.05) is 0 Å². The molecule has 2 heterocycles. The number of nitrogens with one attached hydrogen (secondary N) is 1. The van der Waals surface area contributed by atoms with E-state index >= 15 is 0 Å². The Labute approximate surface area is 101 Å². The predicted octanol–water partition coefficient (Wildman–Crippen LogP) is 0.111. The van der Waals surface area contributed by atoms with Crippen molar-refractivity contribution in [3.05, 3.63) is 17.7 Å². The lowest BCUT2D eigenvalue weighted by molar-refractivity contribution is -0.136. The van der Waals surface area contributed by atoms with E-state index in [1.165, 1.54) is 7.05 Å². The summed E-state index contributed by atoms with van der Waals surface area (Å²) in [6.45, 7) is 0. The number of hydrogen-bond acceptors (Lipinski definition) is 5. The Morgan fingerprint density at radius 1 is 1.44 bits per heavy atom. The van der Waals surface area contributed by atoms with Gasteiger partial charge in [-0.15, -0.1) is 0 Å². The number of hydrogen-bond donors (Lipinski definition) is 2. The van der Waals surface area contributed by atoms with Gasteiger partial charge in [0, 0.05) is 13.1 Å². The maximum atomic E-state index is 13.4. The fourth-order valence-corrected chi connectivity index (χ4v) is 1.62. The van der Waals surface area contributed by atoms with Crippen LogP contribution in [-0.2, 0) is 9.59 Å². The average molecular weight is 256 g/mol. The first-order chi connectivity index (χ1) is 8.40. The van der Waals surface area contributed by atoms with Crippen molar-refractivity contribution in [1.29, 1.82) is 0 Å². The van der Waals surface area contributed by atoms with Crippen molar-refractivity contribution in [2.24, 2.45) is 0 Å². The van der Waals surface area contributed by atoms with E-state index < -0.39 is 29.4 Å².